The van der Waals surface area contributed by atoms with E-state index in [1.165, 1.54) is 0 Å². The van der Waals surface area contributed by atoms with Crippen LogP contribution in [-0.4, -0.2) is 83.2 Å². The van der Waals surface area contributed by atoms with Gasteiger partial charge in [-0.3, -0.25) is 9.59 Å². The molecule has 0 amide bonds. The van der Waals surface area contributed by atoms with E-state index in [1.807, 2.05) is 13.8 Å². The molecule has 0 aliphatic carbocycles. The van der Waals surface area contributed by atoms with Crippen LogP contribution in [0.2, 0.25) is 0 Å². The average Bonchev–Trinajstić information content (AvgIpc) is 2.63. The molecule has 0 aliphatic heterocycles. The zero-order valence-electron chi connectivity index (χ0n) is 17.4. The molecule has 0 fully saturated rings. The van der Waals surface area contributed by atoms with Crippen molar-refractivity contribution in [3.05, 3.63) is 0 Å². The van der Waals surface area contributed by atoms with Crippen molar-refractivity contribution in [2.75, 3.05) is 26.4 Å². The van der Waals surface area contributed by atoms with Crippen LogP contribution in [0.15, 0.2) is 0 Å². The number of rotatable bonds is 12. The first-order chi connectivity index (χ1) is 12.5. The minimum Gasteiger partial charge on any atom is -0.481 e. The zero-order valence-corrected chi connectivity index (χ0v) is 17.4. The molecule has 0 aromatic rings. The molecule has 9 heteroatoms. The summed E-state index contributed by atoms with van der Waals surface area (Å²) < 4.78 is 16.2. The lowest BCUT2D eigenvalue weighted by Gasteiger charge is -2.19. The van der Waals surface area contributed by atoms with E-state index in [0.29, 0.717) is 19.8 Å². The molecule has 164 valence electrons. The predicted molar refractivity (Wildman–Crippen MR) is 101 cm³/mol. The molecule has 0 rings (SSSR count). The molecule has 27 heavy (non-hydrogen) atoms. The highest BCUT2D eigenvalue weighted by molar-refractivity contribution is 5.66. The average molecular weight is 398 g/mol. The second-order valence-electron chi connectivity index (χ2n) is 5.96. The Morgan fingerprint density at radius 1 is 0.741 bits per heavy atom. The van der Waals surface area contributed by atoms with Crippen molar-refractivity contribution in [1.82, 2.24) is 0 Å². The van der Waals surface area contributed by atoms with Gasteiger partial charge in [-0.2, -0.15) is 0 Å². The SMILES string of the molecule is CC(O)COC(C)COC(C)COC(C)CO.CCC(=O)O.CCC(=O)O. The lowest BCUT2D eigenvalue weighted by Crippen LogP contribution is -2.27. The van der Waals surface area contributed by atoms with E-state index in [9.17, 15) is 9.59 Å². The molecule has 0 spiro atoms. The second-order valence-corrected chi connectivity index (χ2v) is 5.96. The summed E-state index contributed by atoms with van der Waals surface area (Å²) in [7, 11) is 0. The van der Waals surface area contributed by atoms with Gasteiger partial charge in [-0.25, -0.2) is 0 Å². The Morgan fingerprint density at radius 3 is 1.30 bits per heavy atom. The monoisotopic (exact) mass is 398 g/mol. The van der Waals surface area contributed by atoms with Crippen LogP contribution in [0.5, 0.6) is 0 Å². The van der Waals surface area contributed by atoms with Crippen LogP contribution in [-0.2, 0) is 23.8 Å². The smallest absolute Gasteiger partial charge is 0.303 e. The molecule has 0 saturated heterocycles. The highest BCUT2D eigenvalue weighted by Gasteiger charge is 2.09. The lowest BCUT2D eigenvalue weighted by molar-refractivity contribution is -0.137. The molecule has 4 atom stereocenters. The van der Waals surface area contributed by atoms with Gasteiger partial charge in [-0.1, -0.05) is 13.8 Å². The van der Waals surface area contributed by atoms with Gasteiger partial charge in [0.2, 0.25) is 0 Å². The number of hydrogen-bond donors (Lipinski definition) is 4. The van der Waals surface area contributed by atoms with Crippen LogP contribution >= 0.6 is 0 Å². The molecule has 0 heterocycles. The Kier molecular flexibility index (Phi) is 23.7. The summed E-state index contributed by atoms with van der Waals surface area (Å²) in [6.45, 7) is 11.7. The van der Waals surface area contributed by atoms with Gasteiger partial charge in [-0.15, -0.1) is 0 Å². The van der Waals surface area contributed by atoms with Crippen LogP contribution in [0, 0.1) is 0 Å². The Bertz CT molecular complexity index is 334. The number of ether oxygens (including phenoxy) is 3. The summed E-state index contributed by atoms with van der Waals surface area (Å²) in [6, 6.07) is 0. The van der Waals surface area contributed by atoms with Gasteiger partial charge in [-0.05, 0) is 27.7 Å². The minimum atomic E-state index is -0.745. The van der Waals surface area contributed by atoms with Crippen molar-refractivity contribution >= 4 is 11.9 Å². The molecular weight excluding hydrogens is 360 g/mol. The fraction of sp³-hybridized carbons (Fsp3) is 0.889. The third-order valence-corrected chi connectivity index (χ3v) is 2.71. The predicted octanol–water partition coefficient (Wildman–Crippen LogP) is 1.54. The molecule has 4 unspecified atom stereocenters. The largest absolute Gasteiger partial charge is 0.481 e. The van der Waals surface area contributed by atoms with Crippen LogP contribution in [0.1, 0.15) is 54.4 Å². The minimum absolute atomic E-state index is 0.0145. The fourth-order valence-electron chi connectivity index (χ4n) is 1.05. The molecule has 0 radical (unpaired) electrons. The summed E-state index contributed by atoms with van der Waals surface area (Å²) in [5.41, 5.74) is 0. The van der Waals surface area contributed by atoms with Crippen molar-refractivity contribution in [3.63, 3.8) is 0 Å². The molecule has 0 aromatic heterocycles. The quantitative estimate of drug-likeness (QED) is 0.385. The lowest BCUT2D eigenvalue weighted by atomic mass is 10.3. The molecular formula is C18H38O9. The molecule has 0 aliphatic rings. The van der Waals surface area contributed by atoms with E-state index in [0.717, 1.165) is 0 Å². The number of aliphatic hydroxyl groups excluding tert-OH is 2. The van der Waals surface area contributed by atoms with E-state index in [-0.39, 0.29) is 37.8 Å². The maximum absolute atomic E-state index is 9.37. The van der Waals surface area contributed by atoms with Crippen LogP contribution < -0.4 is 0 Å². The zero-order chi connectivity index (χ0) is 21.8. The number of aliphatic hydroxyl groups is 2. The number of carboxylic acids is 2. The summed E-state index contributed by atoms with van der Waals surface area (Å²) >= 11 is 0. The van der Waals surface area contributed by atoms with Gasteiger partial charge in [0, 0.05) is 12.8 Å². The first-order valence-corrected chi connectivity index (χ1v) is 9.07. The van der Waals surface area contributed by atoms with E-state index in [1.54, 1.807) is 27.7 Å². The molecule has 0 aromatic carbocycles. The van der Waals surface area contributed by atoms with Crippen molar-refractivity contribution < 1.29 is 44.2 Å². The van der Waals surface area contributed by atoms with E-state index in [2.05, 4.69) is 0 Å². The Hall–Kier alpha value is -1.26. The number of carbonyl (C=O) groups is 2. The third kappa shape index (κ3) is 32.8. The highest BCUT2D eigenvalue weighted by atomic mass is 16.6. The Morgan fingerprint density at radius 2 is 1.04 bits per heavy atom. The van der Waals surface area contributed by atoms with Crippen molar-refractivity contribution in [2.45, 2.75) is 78.8 Å². The molecule has 0 saturated carbocycles. The van der Waals surface area contributed by atoms with Crippen LogP contribution in [0.25, 0.3) is 0 Å². The van der Waals surface area contributed by atoms with Gasteiger partial charge < -0.3 is 34.6 Å². The highest BCUT2D eigenvalue weighted by Crippen LogP contribution is 2.00. The maximum Gasteiger partial charge on any atom is 0.303 e. The molecule has 9 nitrogen and oxygen atoms in total. The van der Waals surface area contributed by atoms with Gasteiger partial charge >= 0.3 is 11.9 Å². The van der Waals surface area contributed by atoms with E-state index < -0.39 is 18.0 Å². The van der Waals surface area contributed by atoms with E-state index in [4.69, 9.17) is 34.6 Å². The Balaban J connectivity index is -0.000000471. The van der Waals surface area contributed by atoms with Gasteiger partial charge in [0.25, 0.3) is 0 Å². The third-order valence-electron chi connectivity index (χ3n) is 2.71. The first kappa shape index (κ1) is 30.5. The molecule has 0 bridgehead atoms. The van der Waals surface area contributed by atoms with Crippen LogP contribution in [0.4, 0.5) is 0 Å². The van der Waals surface area contributed by atoms with Crippen molar-refractivity contribution in [3.8, 4) is 0 Å². The number of hydrogen-bond acceptors (Lipinski definition) is 7. The van der Waals surface area contributed by atoms with E-state index >= 15 is 0 Å². The number of aliphatic carboxylic acids is 2. The second kappa shape index (κ2) is 21.0. The summed E-state index contributed by atoms with van der Waals surface area (Å²) in [4.78, 5) is 18.7. The van der Waals surface area contributed by atoms with Crippen molar-refractivity contribution in [2.24, 2.45) is 0 Å². The standard InChI is InChI=1S/C12H26O5.2C3H6O2/c1-9(14)6-15-11(3)8-17-12(4)7-16-10(2)5-13;2*1-2-3(4)5/h9-14H,5-8H2,1-4H3;2*2H2,1H3,(H,4,5). The van der Waals surface area contributed by atoms with Gasteiger partial charge in [0.15, 0.2) is 0 Å². The number of carboxylic acid groups (broad SMARTS) is 2. The summed E-state index contributed by atoms with van der Waals surface area (Å²) in [5, 5.41) is 33.3. The Labute approximate surface area is 162 Å². The molecule has 4 N–H and O–H groups in total. The summed E-state index contributed by atoms with van der Waals surface area (Å²) in [6.07, 6.45) is -0.266. The maximum atomic E-state index is 9.37. The fourth-order valence-corrected chi connectivity index (χ4v) is 1.05. The van der Waals surface area contributed by atoms with Crippen LogP contribution in [0.3, 0.4) is 0 Å². The van der Waals surface area contributed by atoms with Crippen molar-refractivity contribution in [1.29, 1.82) is 0 Å². The topological polar surface area (TPSA) is 143 Å². The van der Waals surface area contributed by atoms with Gasteiger partial charge in [0.1, 0.15) is 0 Å². The summed E-state index contributed by atoms with van der Waals surface area (Å²) in [5.74, 6) is -1.49. The first-order valence-electron chi connectivity index (χ1n) is 9.07. The normalized spacial score (nSPS) is 14.5. The van der Waals surface area contributed by atoms with Gasteiger partial charge in [0.05, 0.1) is 50.8 Å².